The van der Waals surface area contributed by atoms with Crippen molar-refractivity contribution in [3.05, 3.63) is 34.4 Å². The molecule has 0 aliphatic heterocycles. The van der Waals surface area contributed by atoms with E-state index < -0.39 is 0 Å². The van der Waals surface area contributed by atoms with Crippen molar-refractivity contribution >= 4 is 0 Å². The van der Waals surface area contributed by atoms with Gasteiger partial charge in [-0.2, -0.15) is 0 Å². The zero-order valence-corrected chi connectivity index (χ0v) is 12.7. The molecule has 0 radical (unpaired) electrons. The number of nitrogens with zero attached hydrogens (tertiary/aromatic N) is 1. The fraction of sp³-hybridized carbons (Fsp3) is 0.647. The molecule has 2 heteroatoms. The molecule has 1 unspecified atom stereocenters. The summed E-state index contributed by atoms with van der Waals surface area (Å²) in [5, 5.41) is 10.6. The fourth-order valence-corrected chi connectivity index (χ4v) is 3.05. The van der Waals surface area contributed by atoms with E-state index in [1.54, 1.807) is 0 Å². The summed E-state index contributed by atoms with van der Waals surface area (Å²) < 4.78 is 0. The van der Waals surface area contributed by atoms with E-state index in [0.29, 0.717) is 0 Å². The number of hydrogen-bond acceptors (Lipinski definition) is 2. The van der Waals surface area contributed by atoms with Gasteiger partial charge in [-0.3, -0.25) is 0 Å². The van der Waals surface area contributed by atoms with Crippen LogP contribution in [0.3, 0.4) is 0 Å². The summed E-state index contributed by atoms with van der Waals surface area (Å²) in [7, 11) is 0. The third-order valence-corrected chi connectivity index (χ3v) is 4.16. The Bertz CT molecular complexity index is 414. The van der Waals surface area contributed by atoms with Gasteiger partial charge in [0.2, 0.25) is 0 Å². The molecule has 1 N–H and O–H groups in total. The molecule has 1 fully saturated rings. The molecule has 0 spiro atoms. The molecule has 0 aromatic heterocycles. The van der Waals surface area contributed by atoms with Crippen molar-refractivity contribution in [2.75, 3.05) is 19.6 Å². The molecule has 1 aliphatic rings. The van der Waals surface area contributed by atoms with Crippen LogP contribution in [-0.4, -0.2) is 29.6 Å². The first-order valence-electron chi connectivity index (χ1n) is 7.49. The topological polar surface area (TPSA) is 23.5 Å². The molecule has 19 heavy (non-hydrogen) atoms. The number of hydrogen-bond donors (Lipinski definition) is 1. The van der Waals surface area contributed by atoms with E-state index in [2.05, 4.69) is 44.7 Å². The molecule has 1 atom stereocenters. The Morgan fingerprint density at radius 1 is 1.21 bits per heavy atom. The van der Waals surface area contributed by atoms with Gasteiger partial charge in [0.1, 0.15) is 0 Å². The number of aliphatic hydroxyl groups is 1. The first-order valence-corrected chi connectivity index (χ1v) is 7.49. The van der Waals surface area contributed by atoms with E-state index >= 15 is 0 Å². The molecular formula is C17H27NO. The fourth-order valence-electron chi connectivity index (χ4n) is 3.05. The lowest BCUT2D eigenvalue weighted by Crippen LogP contribution is -2.31. The minimum absolute atomic E-state index is 0.362. The zero-order valence-electron chi connectivity index (χ0n) is 12.7. The van der Waals surface area contributed by atoms with Crippen LogP contribution in [0, 0.1) is 26.7 Å². The van der Waals surface area contributed by atoms with Crippen LogP contribution in [-0.2, 0) is 0 Å². The summed E-state index contributed by atoms with van der Waals surface area (Å²) in [6.45, 7) is 11.4. The molecule has 1 saturated carbocycles. The van der Waals surface area contributed by atoms with Gasteiger partial charge in [0, 0.05) is 13.1 Å². The molecule has 0 amide bonds. The van der Waals surface area contributed by atoms with E-state index in [9.17, 15) is 5.11 Å². The lowest BCUT2D eigenvalue weighted by Gasteiger charge is -2.25. The maximum Gasteiger partial charge on any atom is 0.0922 e. The van der Waals surface area contributed by atoms with E-state index in [1.807, 2.05) is 0 Å². The average Bonchev–Trinajstić information content (AvgIpc) is 3.10. The summed E-state index contributed by atoms with van der Waals surface area (Å²) in [6.07, 6.45) is 2.38. The molecule has 1 aromatic rings. The van der Waals surface area contributed by atoms with Crippen LogP contribution in [0.15, 0.2) is 12.1 Å². The Hall–Kier alpha value is -0.860. The maximum atomic E-state index is 10.6. The van der Waals surface area contributed by atoms with Crippen LogP contribution in [0.25, 0.3) is 0 Å². The Morgan fingerprint density at radius 2 is 1.79 bits per heavy atom. The Morgan fingerprint density at radius 3 is 2.26 bits per heavy atom. The monoisotopic (exact) mass is 261 g/mol. The number of aryl methyl sites for hydroxylation is 3. The van der Waals surface area contributed by atoms with Crippen molar-refractivity contribution in [1.82, 2.24) is 4.90 Å². The van der Waals surface area contributed by atoms with Crippen LogP contribution in [0.5, 0.6) is 0 Å². The predicted molar refractivity (Wildman–Crippen MR) is 80.5 cm³/mol. The van der Waals surface area contributed by atoms with Crippen LogP contribution in [0.2, 0.25) is 0 Å². The largest absolute Gasteiger partial charge is 0.387 e. The molecule has 2 rings (SSSR count). The smallest absolute Gasteiger partial charge is 0.0922 e. The third-order valence-electron chi connectivity index (χ3n) is 4.16. The molecular weight excluding hydrogens is 234 g/mol. The van der Waals surface area contributed by atoms with Crippen LogP contribution in [0.1, 0.15) is 48.1 Å². The lowest BCUT2D eigenvalue weighted by molar-refractivity contribution is 0.112. The second-order valence-corrected chi connectivity index (χ2v) is 6.12. The highest BCUT2D eigenvalue weighted by atomic mass is 16.3. The highest BCUT2D eigenvalue weighted by Gasteiger charge is 2.25. The van der Waals surface area contributed by atoms with Crippen molar-refractivity contribution in [3.8, 4) is 0 Å². The van der Waals surface area contributed by atoms with Gasteiger partial charge in [-0.25, -0.2) is 0 Å². The molecule has 1 aromatic carbocycles. The Labute approximate surface area is 117 Å². The first-order chi connectivity index (χ1) is 9.01. The van der Waals surface area contributed by atoms with Crippen LogP contribution < -0.4 is 0 Å². The minimum atomic E-state index is -0.362. The molecule has 106 valence electrons. The first kappa shape index (κ1) is 14.5. The highest BCUT2D eigenvalue weighted by molar-refractivity contribution is 5.39. The maximum absolute atomic E-state index is 10.6. The molecule has 0 bridgehead atoms. The normalized spacial score (nSPS) is 16.9. The summed E-state index contributed by atoms with van der Waals surface area (Å²) in [6, 6.07) is 4.34. The standard InChI is InChI=1S/C17H27NO/c1-5-18(10-15-6-7-15)11-16(19)17-13(3)8-12(2)9-14(17)4/h8-9,15-16,19H,5-7,10-11H2,1-4H3. The number of aliphatic hydroxyl groups excluding tert-OH is 1. The second kappa shape index (κ2) is 6.06. The Balaban J connectivity index is 2.07. The van der Waals surface area contributed by atoms with Crippen molar-refractivity contribution in [1.29, 1.82) is 0 Å². The molecule has 0 saturated heterocycles. The van der Waals surface area contributed by atoms with Gasteiger partial charge in [-0.1, -0.05) is 24.6 Å². The third kappa shape index (κ3) is 3.80. The zero-order chi connectivity index (χ0) is 14.0. The van der Waals surface area contributed by atoms with Gasteiger partial charge in [0.15, 0.2) is 0 Å². The number of likely N-dealkylation sites (N-methyl/N-ethyl adjacent to an activating group) is 1. The summed E-state index contributed by atoms with van der Waals surface area (Å²) in [5.41, 5.74) is 4.83. The quantitative estimate of drug-likeness (QED) is 0.848. The van der Waals surface area contributed by atoms with Gasteiger partial charge in [-0.15, -0.1) is 0 Å². The summed E-state index contributed by atoms with van der Waals surface area (Å²) >= 11 is 0. The minimum Gasteiger partial charge on any atom is -0.387 e. The van der Waals surface area contributed by atoms with Gasteiger partial charge >= 0.3 is 0 Å². The van der Waals surface area contributed by atoms with Gasteiger partial charge in [0.25, 0.3) is 0 Å². The molecule has 0 heterocycles. The highest BCUT2D eigenvalue weighted by Crippen LogP contribution is 2.31. The van der Waals surface area contributed by atoms with Crippen molar-refractivity contribution in [2.45, 2.75) is 46.6 Å². The van der Waals surface area contributed by atoms with Crippen molar-refractivity contribution < 1.29 is 5.11 Å². The molecule has 1 aliphatic carbocycles. The van der Waals surface area contributed by atoms with E-state index in [0.717, 1.165) is 31.1 Å². The SMILES string of the molecule is CCN(CC1CC1)CC(O)c1c(C)cc(C)cc1C. The summed E-state index contributed by atoms with van der Waals surface area (Å²) in [5.74, 6) is 0.882. The summed E-state index contributed by atoms with van der Waals surface area (Å²) in [4.78, 5) is 2.39. The molecule has 2 nitrogen and oxygen atoms in total. The second-order valence-electron chi connectivity index (χ2n) is 6.12. The van der Waals surface area contributed by atoms with Gasteiger partial charge in [-0.05, 0) is 62.8 Å². The van der Waals surface area contributed by atoms with Gasteiger partial charge < -0.3 is 10.0 Å². The van der Waals surface area contributed by atoms with E-state index in [-0.39, 0.29) is 6.10 Å². The average molecular weight is 261 g/mol. The number of benzene rings is 1. The van der Waals surface area contributed by atoms with Crippen molar-refractivity contribution in [3.63, 3.8) is 0 Å². The number of rotatable bonds is 6. The van der Waals surface area contributed by atoms with Gasteiger partial charge in [0.05, 0.1) is 6.10 Å². The van der Waals surface area contributed by atoms with E-state index in [1.165, 1.54) is 29.5 Å². The van der Waals surface area contributed by atoms with Crippen LogP contribution in [0.4, 0.5) is 0 Å². The van der Waals surface area contributed by atoms with Crippen molar-refractivity contribution in [2.24, 2.45) is 5.92 Å². The van der Waals surface area contributed by atoms with E-state index in [4.69, 9.17) is 0 Å². The lowest BCUT2D eigenvalue weighted by atomic mass is 9.95. The predicted octanol–water partition coefficient (Wildman–Crippen LogP) is 3.38. The Kier molecular flexibility index (Phi) is 4.64. The van der Waals surface area contributed by atoms with Crippen LogP contribution >= 0.6 is 0 Å².